The molecule has 2 heteroatoms. The number of hydrogen-bond donors (Lipinski definition) is 0. The van der Waals surface area contributed by atoms with Crippen molar-refractivity contribution in [2.45, 2.75) is 26.2 Å². The highest BCUT2D eigenvalue weighted by Crippen LogP contribution is 2.32. The molecule has 1 aliphatic carbocycles. The molecule has 0 spiro atoms. The molecule has 1 nitrogen and oxygen atoms in total. The van der Waals surface area contributed by atoms with Crippen molar-refractivity contribution in [3.05, 3.63) is 28.2 Å². The quantitative estimate of drug-likeness (QED) is 0.791. The highest BCUT2D eigenvalue weighted by atomic mass is 79.9. The lowest BCUT2D eigenvalue weighted by Crippen LogP contribution is -1.99. The molecule has 1 aromatic rings. The first-order valence-corrected chi connectivity index (χ1v) is 5.94. The van der Waals surface area contributed by atoms with Gasteiger partial charge in [-0.2, -0.15) is 0 Å². The Kier molecular flexibility index (Phi) is 3.12. The Labute approximate surface area is 93.6 Å². The molecule has 0 radical (unpaired) electrons. The van der Waals surface area contributed by atoms with Gasteiger partial charge in [0.25, 0.3) is 0 Å². The molecule has 0 aromatic heterocycles. The molecule has 76 valence electrons. The van der Waals surface area contributed by atoms with Crippen LogP contribution in [-0.4, -0.2) is 6.61 Å². The van der Waals surface area contributed by atoms with E-state index in [1.165, 1.54) is 24.8 Å². The summed E-state index contributed by atoms with van der Waals surface area (Å²) in [7, 11) is 0. The fourth-order valence-electron chi connectivity index (χ4n) is 1.47. The predicted octanol–water partition coefficient (Wildman–Crippen LogP) is 3.94. The molecule has 1 aromatic carbocycles. The van der Waals surface area contributed by atoms with Gasteiger partial charge in [-0.1, -0.05) is 34.8 Å². The summed E-state index contributed by atoms with van der Waals surface area (Å²) in [5.41, 5.74) is 1.21. The van der Waals surface area contributed by atoms with Crippen molar-refractivity contribution < 1.29 is 4.74 Å². The Bertz CT molecular complexity index is 318. The summed E-state index contributed by atoms with van der Waals surface area (Å²) < 4.78 is 6.83. The molecule has 1 fully saturated rings. The first-order chi connectivity index (χ1) is 6.75. The summed E-state index contributed by atoms with van der Waals surface area (Å²) in [4.78, 5) is 0. The molecule has 14 heavy (non-hydrogen) atoms. The lowest BCUT2D eigenvalue weighted by molar-refractivity contribution is 0.300. The maximum absolute atomic E-state index is 5.74. The van der Waals surface area contributed by atoms with E-state index in [1.54, 1.807) is 0 Å². The zero-order valence-corrected chi connectivity index (χ0v) is 10.0. The van der Waals surface area contributed by atoms with Crippen LogP contribution in [0.15, 0.2) is 22.7 Å². The summed E-state index contributed by atoms with van der Waals surface area (Å²) in [6, 6.07) is 6.17. The van der Waals surface area contributed by atoms with E-state index in [0.29, 0.717) is 0 Å². The Balaban J connectivity index is 1.89. The van der Waals surface area contributed by atoms with Crippen molar-refractivity contribution in [2.75, 3.05) is 6.61 Å². The monoisotopic (exact) mass is 254 g/mol. The van der Waals surface area contributed by atoms with Gasteiger partial charge in [0.05, 0.1) is 6.61 Å². The zero-order chi connectivity index (χ0) is 9.97. The number of benzene rings is 1. The van der Waals surface area contributed by atoms with Gasteiger partial charge in [-0.3, -0.25) is 0 Å². The van der Waals surface area contributed by atoms with E-state index >= 15 is 0 Å². The highest BCUT2D eigenvalue weighted by Gasteiger charge is 2.20. The predicted molar refractivity (Wildman–Crippen MR) is 61.7 cm³/mol. The van der Waals surface area contributed by atoms with Crippen LogP contribution < -0.4 is 4.74 Å². The lowest BCUT2D eigenvalue weighted by Gasteiger charge is -2.08. The van der Waals surface area contributed by atoms with Crippen molar-refractivity contribution in [3.63, 3.8) is 0 Å². The number of ether oxygens (including phenoxy) is 1. The van der Waals surface area contributed by atoms with Gasteiger partial charge in [-0.05, 0) is 37.0 Å². The van der Waals surface area contributed by atoms with Gasteiger partial charge in [0.2, 0.25) is 0 Å². The maximum Gasteiger partial charge on any atom is 0.123 e. The molecule has 0 aliphatic heterocycles. The number of rotatable bonds is 4. The van der Waals surface area contributed by atoms with Gasteiger partial charge in [0.1, 0.15) is 5.75 Å². The van der Waals surface area contributed by atoms with Crippen LogP contribution in [0.5, 0.6) is 5.75 Å². The molecule has 1 saturated carbocycles. The Morgan fingerprint density at radius 1 is 1.43 bits per heavy atom. The van der Waals surface area contributed by atoms with Crippen LogP contribution in [0.3, 0.4) is 0 Å². The van der Waals surface area contributed by atoms with Crippen LogP contribution in [0.25, 0.3) is 0 Å². The average molecular weight is 255 g/mol. The minimum absolute atomic E-state index is 0.863. The first-order valence-electron chi connectivity index (χ1n) is 5.14. The largest absolute Gasteiger partial charge is 0.493 e. The van der Waals surface area contributed by atoms with E-state index in [9.17, 15) is 0 Å². The SMILES string of the molecule is Cc1ccc(Br)cc1OCCC1CC1. The van der Waals surface area contributed by atoms with Crippen LogP contribution in [0, 0.1) is 12.8 Å². The smallest absolute Gasteiger partial charge is 0.123 e. The summed E-state index contributed by atoms with van der Waals surface area (Å²) in [5.74, 6) is 1.96. The molecular formula is C12H15BrO. The fourth-order valence-corrected chi connectivity index (χ4v) is 1.81. The normalized spacial score (nSPS) is 15.6. The number of aryl methyl sites for hydroxylation is 1. The average Bonchev–Trinajstić information content (AvgIpc) is 2.95. The van der Waals surface area contributed by atoms with E-state index in [-0.39, 0.29) is 0 Å². The van der Waals surface area contributed by atoms with E-state index in [4.69, 9.17) is 4.74 Å². The van der Waals surface area contributed by atoms with Gasteiger partial charge in [0, 0.05) is 4.47 Å². The Morgan fingerprint density at radius 3 is 2.93 bits per heavy atom. The molecule has 0 bridgehead atoms. The maximum atomic E-state index is 5.74. The first kappa shape index (κ1) is 10.0. The summed E-state index contributed by atoms with van der Waals surface area (Å²) >= 11 is 3.45. The third-order valence-electron chi connectivity index (χ3n) is 2.63. The number of halogens is 1. The third-order valence-corrected chi connectivity index (χ3v) is 3.12. The van der Waals surface area contributed by atoms with Crippen molar-refractivity contribution in [2.24, 2.45) is 5.92 Å². The molecule has 1 aliphatic rings. The summed E-state index contributed by atoms with van der Waals surface area (Å²) in [5, 5.41) is 0. The molecule has 0 unspecified atom stereocenters. The zero-order valence-electron chi connectivity index (χ0n) is 8.42. The van der Waals surface area contributed by atoms with Gasteiger partial charge in [0.15, 0.2) is 0 Å². The van der Waals surface area contributed by atoms with Crippen molar-refractivity contribution in [1.82, 2.24) is 0 Å². The van der Waals surface area contributed by atoms with Crippen molar-refractivity contribution in [3.8, 4) is 5.75 Å². The standard InChI is InChI=1S/C12H15BrO/c1-9-2-5-11(13)8-12(9)14-7-6-10-3-4-10/h2,5,8,10H,3-4,6-7H2,1H3. The molecule has 0 amide bonds. The second kappa shape index (κ2) is 4.35. The van der Waals surface area contributed by atoms with Crippen LogP contribution in [0.4, 0.5) is 0 Å². The van der Waals surface area contributed by atoms with E-state index in [1.807, 2.05) is 12.1 Å². The lowest BCUT2D eigenvalue weighted by atomic mass is 10.2. The second-order valence-electron chi connectivity index (χ2n) is 3.99. The van der Waals surface area contributed by atoms with Gasteiger partial charge in [-0.15, -0.1) is 0 Å². The Hall–Kier alpha value is -0.500. The van der Waals surface area contributed by atoms with E-state index in [0.717, 1.165) is 22.7 Å². The molecule has 0 N–H and O–H groups in total. The van der Waals surface area contributed by atoms with E-state index < -0.39 is 0 Å². The van der Waals surface area contributed by atoms with Crippen molar-refractivity contribution >= 4 is 15.9 Å². The summed E-state index contributed by atoms with van der Waals surface area (Å²) in [6.07, 6.45) is 4.02. The minimum atomic E-state index is 0.863. The molecule has 2 rings (SSSR count). The molecular weight excluding hydrogens is 240 g/mol. The number of hydrogen-bond acceptors (Lipinski definition) is 1. The fraction of sp³-hybridized carbons (Fsp3) is 0.500. The van der Waals surface area contributed by atoms with Crippen LogP contribution in [-0.2, 0) is 0 Å². The van der Waals surface area contributed by atoms with Gasteiger partial charge >= 0.3 is 0 Å². The van der Waals surface area contributed by atoms with Gasteiger partial charge in [-0.25, -0.2) is 0 Å². The topological polar surface area (TPSA) is 9.23 Å². The minimum Gasteiger partial charge on any atom is -0.493 e. The van der Waals surface area contributed by atoms with E-state index in [2.05, 4.69) is 28.9 Å². The van der Waals surface area contributed by atoms with Crippen LogP contribution >= 0.6 is 15.9 Å². The Morgan fingerprint density at radius 2 is 2.21 bits per heavy atom. The van der Waals surface area contributed by atoms with Crippen molar-refractivity contribution in [1.29, 1.82) is 0 Å². The second-order valence-corrected chi connectivity index (χ2v) is 4.91. The third kappa shape index (κ3) is 2.74. The molecule has 0 saturated heterocycles. The highest BCUT2D eigenvalue weighted by molar-refractivity contribution is 9.10. The molecule has 0 heterocycles. The summed E-state index contributed by atoms with van der Waals surface area (Å²) in [6.45, 7) is 2.95. The van der Waals surface area contributed by atoms with Crippen LogP contribution in [0.2, 0.25) is 0 Å². The molecule has 0 atom stereocenters. The van der Waals surface area contributed by atoms with Crippen LogP contribution in [0.1, 0.15) is 24.8 Å². The van der Waals surface area contributed by atoms with Gasteiger partial charge < -0.3 is 4.74 Å².